The molecular weight excluding hydrogens is 370 g/mol. The lowest BCUT2D eigenvalue weighted by atomic mass is 10.2. The minimum Gasteiger partial charge on any atom is -0.495 e. The molecule has 0 atom stereocenters. The SMILES string of the molecule is COc1ccccc1N1CCN(C(=O)C(=O)Nc2ccc(OC(C)C)cc2)CC1. The molecule has 2 amide bonds. The highest BCUT2D eigenvalue weighted by Gasteiger charge is 2.27. The van der Waals surface area contributed by atoms with Crippen LogP contribution in [0.3, 0.4) is 0 Å². The number of hydrogen-bond acceptors (Lipinski definition) is 5. The van der Waals surface area contributed by atoms with Crippen LogP contribution in [0.5, 0.6) is 11.5 Å². The molecule has 7 heteroatoms. The number of nitrogens with zero attached hydrogens (tertiary/aromatic N) is 2. The van der Waals surface area contributed by atoms with Crippen molar-refractivity contribution in [2.24, 2.45) is 0 Å². The quantitative estimate of drug-likeness (QED) is 0.786. The van der Waals surface area contributed by atoms with E-state index in [9.17, 15) is 9.59 Å². The Bertz CT molecular complexity index is 843. The van der Waals surface area contributed by atoms with Crippen LogP contribution in [0.1, 0.15) is 13.8 Å². The molecule has 29 heavy (non-hydrogen) atoms. The molecule has 7 nitrogen and oxygen atoms in total. The van der Waals surface area contributed by atoms with Crippen molar-refractivity contribution >= 4 is 23.2 Å². The zero-order valence-corrected chi connectivity index (χ0v) is 17.1. The second-order valence-corrected chi connectivity index (χ2v) is 7.10. The van der Waals surface area contributed by atoms with E-state index in [1.54, 1.807) is 36.3 Å². The number of para-hydroxylation sites is 2. The third-order valence-corrected chi connectivity index (χ3v) is 4.67. The Balaban J connectivity index is 1.54. The molecule has 0 spiro atoms. The zero-order valence-electron chi connectivity index (χ0n) is 17.1. The van der Waals surface area contributed by atoms with Crippen LogP contribution in [-0.2, 0) is 9.59 Å². The van der Waals surface area contributed by atoms with Crippen LogP contribution >= 0.6 is 0 Å². The van der Waals surface area contributed by atoms with Crippen LogP contribution in [0.15, 0.2) is 48.5 Å². The second-order valence-electron chi connectivity index (χ2n) is 7.10. The van der Waals surface area contributed by atoms with Crippen molar-refractivity contribution in [1.29, 1.82) is 0 Å². The molecule has 2 aromatic carbocycles. The maximum atomic E-state index is 12.5. The lowest BCUT2D eigenvalue weighted by Crippen LogP contribution is -2.51. The van der Waals surface area contributed by atoms with Crippen LogP contribution in [0.2, 0.25) is 0 Å². The standard InChI is InChI=1S/C22H27N3O4/c1-16(2)29-18-10-8-17(9-11-18)23-21(26)22(27)25-14-12-24(13-15-25)19-6-4-5-7-20(19)28-3/h4-11,16H,12-15H2,1-3H3,(H,23,26). The summed E-state index contributed by atoms with van der Waals surface area (Å²) in [6.07, 6.45) is 0.0755. The van der Waals surface area contributed by atoms with E-state index in [0.717, 1.165) is 17.2 Å². The Morgan fingerprint density at radius 1 is 0.966 bits per heavy atom. The molecule has 154 valence electrons. The van der Waals surface area contributed by atoms with Gasteiger partial charge in [-0.25, -0.2) is 0 Å². The van der Waals surface area contributed by atoms with Crippen molar-refractivity contribution in [3.05, 3.63) is 48.5 Å². The number of benzene rings is 2. The average molecular weight is 397 g/mol. The van der Waals surface area contributed by atoms with Gasteiger partial charge in [-0.15, -0.1) is 0 Å². The summed E-state index contributed by atoms with van der Waals surface area (Å²) >= 11 is 0. The van der Waals surface area contributed by atoms with Gasteiger partial charge in [-0.3, -0.25) is 9.59 Å². The molecule has 0 saturated carbocycles. The number of hydrogen-bond donors (Lipinski definition) is 1. The van der Waals surface area contributed by atoms with Crippen molar-refractivity contribution in [2.45, 2.75) is 20.0 Å². The number of carbonyl (C=O) groups excluding carboxylic acids is 2. The normalized spacial score (nSPS) is 13.9. The Morgan fingerprint density at radius 2 is 1.62 bits per heavy atom. The molecule has 0 unspecified atom stereocenters. The van der Waals surface area contributed by atoms with Gasteiger partial charge < -0.3 is 24.6 Å². The van der Waals surface area contributed by atoms with E-state index >= 15 is 0 Å². The predicted molar refractivity (Wildman–Crippen MR) is 113 cm³/mol. The van der Waals surface area contributed by atoms with Crippen LogP contribution in [0, 0.1) is 0 Å². The van der Waals surface area contributed by atoms with E-state index < -0.39 is 11.8 Å². The monoisotopic (exact) mass is 397 g/mol. The van der Waals surface area contributed by atoms with Gasteiger partial charge in [-0.1, -0.05) is 12.1 Å². The lowest BCUT2D eigenvalue weighted by Gasteiger charge is -2.36. The summed E-state index contributed by atoms with van der Waals surface area (Å²) in [6, 6.07) is 14.8. The minimum absolute atomic E-state index is 0.0755. The highest BCUT2D eigenvalue weighted by Crippen LogP contribution is 2.28. The van der Waals surface area contributed by atoms with E-state index in [4.69, 9.17) is 9.47 Å². The first-order valence-corrected chi connectivity index (χ1v) is 9.73. The first-order valence-electron chi connectivity index (χ1n) is 9.73. The number of ether oxygens (including phenoxy) is 2. The van der Waals surface area contributed by atoms with Crippen molar-refractivity contribution in [3.8, 4) is 11.5 Å². The first-order chi connectivity index (χ1) is 14.0. The van der Waals surface area contributed by atoms with Crippen molar-refractivity contribution < 1.29 is 19.1 Å². The van der Waals surface area contributed by atoms with Gasteiger partial charge in [0.2, 0.25) is 0 Å². The first kappa shape index (κ1) is 20.5. The fraction of sp³-hybridized carbons (Fsp3) is 0.364. The molecule has 1 fully saturated rings. The van der Waals surface area contributed by atoms with Crippen molar-refractivity contribution in [1.82, 2.24) is 4.90 Å². The molecule has 0 radical (unpaired) electrons. The maximum absolute atomic E-state index is 12.5. The van der Waals surface area contributed by atoms with E-state index in [0.29, 0.717) is 31.9 Å². The number of carbonyl (C=O) groups is 2. The molecule has 1 aliphatic heterocycles. The Kier molecular flexibility index (Phi) is 6.59. The van der Waals surface area contributed by atoms with Gasteiger partial charge in [0.1, 0.15) is 11.5 Å². The summed E-state index contributed by atoms with van der Waals surface area (Å²) in [6.45, 7) is 6.13. The fourth-order valence-corrected chi connectivity index (χ4v) is 3.26. The van der Waals surface area contributed by atoms with E-state index in [2.05, 4.69) is 10.2 Å². The summed E-state index contributed by atoms with van der Waals surface area (Å²) in [5.41, 5.74) is 1.56. The number of rotatable bonds is 5. The van der Waals surface area contributed by atoms with E-state index in [1.807, 2.05) is 38.1 Å². The fourth-order valence-electron chi connectivity index (χ4n) is 3.26. The molecule has 1 aliphatic rings. The van der Waals surface area contributed by atoms with Gasteiger partial charge in [0.05, 0.1) is 18.9 Å². The summed E-state index contributed by atoms with van der Waals surface area (Å²) in [5, 5.41) is 2.66. The van der Waals surface area contributed by atoms with Gasteiger partial charge >= 0.3 is 11.8 Å². The zero-order chi connectivity index (χ0) is 20.8. The smallest absolute Gasteiger partial charge is 0.313 e. The van der Waals surface area contributed by atoms with Gasteiger partial charge in [0.15, 0.2) is 0 Å². The number of anilines is 2. The third kappa shape index (κ3) is 5.19. The molecule has 0 bridgehead atoms. The van der Waals surface area contributed by atoms with Crippen LogP contribution in [0.25, 0.3) is 0 Å². The van der Waals surface area contributed by atoms with Crippen LogP contribution < -0.4 is 19.7 Å². The summed E-state index contributed by atoms with van der Waals surface area (Å²) in [5.74, 6) is 0.368. The molecule has 1 heterocycles. The molecule has 2 aromatic rings. The Morgan fingerprint density at radius 3 is 2.24 bits per heavy atom. The third-order valence-electron chi connectivity index (χ3n) is 4.67. The molecule has 3 rings (SSSR count). The van der Waals surface area contributed by atoms with Crippen LogP contribution in [0.4, 0.5) is 11.4 Å². The number of piperazine rings is 1. The number of amides is 2. The van der Waals surface area contributed by atoms with Crippen LogP contribution in [-0.4, -0.2) is 56.1 Å². The van der Waals surface area contributed by atoms with Crippen molar-refractivity contribution in [2.75, 3.05) is 43.5 Å². The molecule has 0 aliphatic carbocycles. The highest BCUT2D eigenvalue weighted by atomic mass is 16.5. The van der Waals surface area contributed by atoms with Crippen molar-refractivity contribution in [3.63, 3.8) is 0 Å². The van der Waals surface area contributed by atoms with E-state index in [-0.39, 0.29) is 6.10 Å². The minimum atomic E-state index is -0.631. The number of methoxy groups -OCH3 is 1. The second kappa shape index (κ2) is 9.32. The van der Waals surface area contributed by atoms with Gasteiger partial charge in [-0.05, 0) is 50.2 Å². The molecular formula is C22H27N3O4. The van der Waals surface area contributed by atoms with Gasteiger partial charge in [0, 0.05) is 31.9 Å². The van der Waals surface area contributed by atoms with Gasteiger partial charge in [0.25, 0.3) is 0 Å². The predicted octanol–water partition coefficient (Wildman–Crippen LogP) is 2.77. The summed E-state index contributed by atoms with van der Waals surface area (Å²) < 4.78 is 11.0. The Labute approximate surface area is 171 Å². The lowest BCUT2D eigenvalue weighted by molar-refractivity contribution is -0.143. The molecule has 0 aromatic heterocycles. The maximum Gasteiger partial charge on any atom is 0.313 e. The topological polar surface area (TPSA) is 71.1 Å². The highest BCUT2D eigenvalue weighted by molar-refractivity contribution is 6.39. The molecule has 1 saturated heterocycles. The largest absolute Gasteiger partial charge is 0.495 e. The number of nitrogens with one attached hydrogen (secondary N) is 1. The van der Waals surface area contributed by atoms with E-state index in [1.165, 1.54) is 0 Å². The summed E-state index contributed by atoms with van der Waals surface area (Å²) in [4.78, 5) is 28.6. The van der Waals surface area contributed by atoms with Gasteiger partial charge in [-0.2, -0.15) is 0 Å². The summed E-state index contributed by atoms with van der Waals surface area (Å²) in [7, 11) is 1.64. The average Bonchev–Trinajstić information content (AvgIpc) is 2.74. The molecule has 1 N–H and O–H groups in total. The Hall–Kier alpha value is -3.22.